The second-order valence-electron chi connectivity index (χ2n) is 13.2. The molecule has 0 unspecified atom stereocenters. The number of hydrogen-bond donors (Lipinski definition) is 4. The molecule has 14 nitrogen and oxygen atoms in total. The van der Waals surface area contributed by atoms with Gasteiger partial charge in [-0.25, -0.2) is 19.4 Å². The van der Waals surface area contributed by atoms with Gasteiger partial charge in [0, 0.05) is 30.2 Å². The van der Waals surface area contributed by atoms with Crippen LogP contribution < -0.4 is 16.4 Å². The molecule has 1 saturated carbocycles. The minimum absolute atomic E-state index is 0.0225. The number of aromatic nitrogens is 1. The molecule has 5 rings (SSSR count). The van der Waals surface area contributed by atoms with Gasteiger partial charge in [-0.05, 0) is 46.5 Å². The number of ether oxygens (including phenoxy) is 2. The van der Waals surface area contributed by atoms with E-state index in [1.165, 1.54) is 21.1 Å². The third kappa shape index (κ3) is 7.51. The highest BCUT2D eigenvalue weighted by atomic mass is 32.1. The standard InChI is InChI=1S/C30H42N6O8S/c1-29(2,3)44-27(41)33-20-10-8-6-4-5-7-9-17-14-30(17,25(39)40)34-23(37)21-13-18(15-36(21)24(20)38)43-28(42)35-12-11-19-22(16-35)45-26(31)32-19/h7,9,17-18,20-21H,4-6,8,10-16H2,1-3H3,(H2,31,32)(H,33,41)(H,34,37)(H,39,40)/b9-7-/t17-,18-,20+,21+,30-/m1/s1. The number of hydrogen-bond acceptors (Lipinski definition) is 10. The maximum atomic E-state index is 14.1. The van der Waals surface area contributed by atoms with Gasteiger partial charge in [-0.3, -0.25) is 9.59 Å². The van der Waals surface area contributed by atoms with E-state index in [4.69, 9.17) is 15.2 Å². The first kappa shape index (κ1) is 32.5. The molecule has 4 amide bonds. The summed E-state index contributed by atoms with van der Waals surface area (Å²) in [7, 11) is 0. The fourth-order valence-electron chi connectivity index (χ4n) is 6.19. The Morgan fingerprint density at radius 3 is 2.73 bits per heavy atom. The predicted molar refractivity (Wildman–Crippen MR) is 163 cm³/mol. The number of nitrogens with zero attached hydrogens (tertiary/aromatic N) is 3. The molecule has 1 aromatic heterocycles. The number of carboxylic acids is 1. The lowest BCUT2D eigenvalue weighted by atomic mass is 10.0. The van der Waals surface area contributed by atoms with Gasteiger partial charge in [0.05, 0.1) is 18.8 Å². The van der Waals surface area contributed by atoms with E-state index in [-0.39, 0.29) is 25.3 Å². The van der Waals surface area contributed by atoms with Gasteiger partial charge >= 0.3 is 18.2 Å². The fraction of sp³-hybridized carbons (Fsp3) is 0.667. The number of amides is 4. The summed E-state index contributed by atoms with van der Waals surface area (Å²) in [5.41, 5.74) is 4.44. The van der Waals surface area contributed by atoms with Gasteiger partial charge in [-0.1, -0.05) is 25.0 Å². The van der Waals surface area contributed by atoms with Crippen molar-refractivity contribution in [2.75, 3.05) is 18.8 Å². The molecular weight excluding hydrogens is 604 g/mol. The molecule has 5 atom stereocenters. The molecule has 45 heavy (non-hydrogen) atoms. The molecule has 5 N–H and O–H groups in total. The summed E-state index contributed by atoms with van der Waals surface area (Å²) in [5, 5.41) is 15.9. The lowest BCUT2D eigenvalue weighted by Gasteiger charge is -2.30. The molecule has 15 heteroatoms. The highest BCUT2D eigenvalue weighted by molar-refractivity contribution is 7.15. The maximum absolute atomic E-state index is 14.1. The van der Waals surface area contributed by atoms with Crippen LogP contribution in [0.4, 0.5) is 14.7 Å². The van der Waals surface area contributed by atoms with Crippen LogP contribution in [0.1, 0.15) is 76.3 Å². The number of nitrogens with two attached hydrogens (primary N) is 1. The SMILES string of the molecule is CC(C)(C)OC(=O)N[C@H]1CCCCC/C=C\[C@@H]2C[C@@]2(C(=O)O)NC(=O)[C@@H]2C[C@@H](OC(=O)N3CCc4nc(N)sc4C3)CN2C1=O. The molecule has 246 valence electrons. The van der Waals surface area contributed by atoms with Gasteiger partial charge in [-0.2, -0.15) is 0 Å². The molecule has 0 bridgehead atoms. The average molecular weight is 647 g/mol. The van der Waals surface area contributed by atoms with E-state index >= 15 is 0 Å². The van der Waals surface area contributed by atoms with Crippen molar-refractivity contribution in [3.05, 3.63) is 22.7 Å². The molecule has 0 aromatic carbocycles. The topological polar surface area (TPSA) is 193 Å². The van der Waals surface area contributed by atoms with Gasteiger partial charge in [0.2, 0.25) is 11.8 Å². The van der Waals surface area contributed by atoms with Crippen molar-refractivity contribution in [1.82, 2.24) is 25.4 Å². The molecular formula is C30H42N6O8S. The van der Waals surface area contributed by atoms with Crippen molar-refractivity contribution in [2.24, 2.45) is 5.92 Å². The third-order valence-corrected chi connectivity index (χ3v) is 9.50. The van der Waals surface area contributed by atoms with Crippen molar-refractivity contribution < 1.29 is 38.6 Å². The Kier molecular flexibility index (Phi) is 9.28. The largest absolute Gasteiger partial charge is 0.479 e. The number of fused-ring (bicyclic) bond motifs is 3. The summed E-state index contributed by atoms with van der Waals surface area (Å²) in [4.78, 5) is 74.1. The monoisotopic (exact) mass is 646 g/mol. The number of thiazole rings is 1. The Morgan fingerprint density at radius 1 is 1.22 bits per heavy atom. The highest BCUT2D eigenvalue weighted by Gasteiger charge is 2.61. The van der Waals surface area contributed by atoms with Crippen molar-refractivity contribution in [3.63, 3.8) is 0 Å². The first-order valence-electron chi connectivity index (χ1n) is 15.5. The number of carbonyl (C=O) groups excluding carboxylic acids is 4. The number of aliphatic carboxylic acids is 1. The number of carbonyl (C=O) groups is 5. The molecule has 4 aliphatic rings. The van der Waals surface area contributed by atoms with Gasteiger partial charge in [0.1, 0.15) is 29.3 Å². The van der Waals surface area contributed by atoms with Crippen LogP contribution in [0.25, 0.3) is 0 Å². The Labute approximate surface area is 265 Å². The summed E-state index contributed by atoms with van der Waals surface area (Å²) in [6.45, 7) is 5.73. The molecule has 4 heterocycles. The van der Waals surface area contributed by atoms with Crippen molar-refractivity contribution in [3.8, 4) is 0 Å². The Hall–Kier alpha value is -3.88. The first-order chi connectivity index (χ1) is 21.3. The van der Waals surface area contributed by atoms with Crippen LogP contribution in [0.15, 0.2) is 12.2 Å². The van der Waals surface area contributed by atoms with E-state index in [0.29, 0.717) is 37.5 Å². The summed E-state index contributed by atoms with van der Waals surface area (Å²) in [6, 6.07) is -2.11. The number of nitrogens with one attached hydrogen (secondary N) is 2. The van der Waals surface area contributed by atoms with Crippen LogP contribution in [0.3, 0.4) is 0 Å². The maximum Gasteiger partial charge on any atom is 0.410 e. The Balaban J connectivity index is 1.36. The van der Waals surface area contributed by atoms with Gasteiger partial charge in [0.15, 0.2) is 5.13 Å². The van der Waals surface area contributed by atoms with Crippen LogP contribution >= 0.6 is 11.3 Å². The van der Waals surface area contributed by atoms with E-state index in [1.54, 1.807) is 20.8 Å². The molecule has 0 spiro atoms. The fourth-order valence-corrected chi connectivity index (χ4v) is 7.08. The first-order valence-corrected chi connectivity index (χ1v) is 16.3. The zero-order chi connectivity index (χ0) is 32.5. The van der Waals surface area contributed by atoms with Crippen molar-refractivity contribution in [2.45, 2.75) is 108 Å². The van der Waals surface area contributed by atoms with Crippen LogP contribution in [0.2, 0.25) is 0 Å². The molecule has 2 fully saturated rings. The zero-order valence-electron chi connectivity index (χ0n) is 25.9. The number of alkyl carbamates (subject to hydrolysis) is 1. The lowest BCUT2D eigenvalue weighted by molar-refractivity contribution is -0.145. The van der Waals surface area contributed by atoms with Crippen LogP contribution in [-0.4, -0.2) is 92.3 Å². The number of nitrogen functional groups attached to an aromatic ring is 1. The lowest BCUT2D eigenvalue weighted by Crippen LogP contribution is -2.56. The Morgan fingerprint density at radius 2 is 2.00 bits per heavy atom. The second kappa shape index (κ2) is 12.9. The average Bonchev–Trinajstić information content (AvgIpc) is 3.28. The Bertz CT molecular complexity index is 1370. The van der Waals surface area contributed by atoms with Crippen LogP contribution in [0, 0.1) is 5.92 Å². The van der Waals surface area contributed by atoms with E-state index < -0.39 is 59.3 Å². The number of carboxylic acid groups (broad SMARTS) is 1. The predicted octanol–water partition coefficient (Wildman–Crippen LogP) is 2.56. The van der Waals surface area contributed by atoms with E-state index in [1.807, 2.05) is 12.2 Å². The molecule has 1 aromatic rings. The van der Waals surface area contributed by atoms with Crippen molar-refractivity contribution >= 4 is 46.4 Å². The zero-order valence-corrected chi connectivity index (χ0v) is 26.7. The van der Waals surface area contributed by atoms with Crippen molar-refractivity contribution in [1.29, 1.82) is 0 Å². The quantitative estimate of drug-likeness (QED) is 0.355. The van der Waals surface area contributed by atoms with Crippen LogP contribution in [-0.2, 0) is 36.8 Å². The van der Waals surface area contributed by atoms with Gasteiger partial charge < -0.3 is 40.7 Å². The van der Waals surface area contributed by atoms with E-state index in [9.17, 15) is 29.1 Å². The number of allylic oxidation sites excluding steroid dienone is 1. The minimum atomic E-state index is -1.46. The summed E-state index contributed by atoms with van der Waals surface area (Å²) < 4.78 is 11.2. The normalized spacial score (nSPS) is 29.6. The third-order valence-electron chi connectivity index (χ3n) is 8.59. The van der Waals surface area contributed by atoms with Gasteiger partial charge in [-0.15, -0.1) is 11.3 Å². The minimum Gasteiger partial charge on any atom is -0.479 e. The number of anilines is 1. The van der Waals surface area contributed by atoms with Crippen LogP contribution in [0.5, 0.6) is 0 Å². The van der Waals surface area contributed by atoms with Gasteiger partial charge in [0.25, 0.3) is 0 Å². The summed E-state index contributed by atoms with van der Waals surface area (Å²) in [6.07, 6.45) is 5.61. The summed E-state index contributed by atoms with van der Waals surface area (Å²) >= 11 is 1.32. The molecule has 1 aliphatic carbocycles. The second-order valence-corrected chi connectivity index (χ2v) is 14.3. The highest BCUT2D eigenvalue weighted by Crippen LogP contribution is 2.45. The summed E-state index contributed by atoms with van der Waals surface area (Å²) in [5.74, 6) is -2.68. The van der Waals surface area contributed by atoms with E-state index in [2.05, 4.69) is 15.6 Å². The number of rotatable bonds is 3. The molecule has 3 aliphatic heterocycles. The molecule has 0 radical (unpaired) electrons. The molecule has 1 saturated heterocycles. The smallest absolute Gasteiger partial charge is 0.410 e. The van der Waals surface area contributed by atoms with E-state index in [0.717, 1.165) is 29.8 Å².